The minimum Gasteiger partial charge on any atom is -0.491 e. The van der Waals surface area contributed by atoms with Gasteiger partial charge >= 0.3 is 0 Å². The summed E-state index contributed by atoms with van der Waals surface area (Å²) in [5.41, 5.74) is 1.53. The molecule has 0 bridgehead atoms. The standard InChI is InChI=1S/C17H16Cl2N4O2/c1-10(11-4-2-3-5-14(11)25-7-6-24)21-16-12-8-15(18)20-9-13(12)22-17(19)23-16/h2-5,8-10,24H,6-7H2,1H3,(H,21,22,23)/t10-/m1/s1. The van der Waals surface area contributed by atoms with E-state index in [2.05, 4.69) is 20.3 Å². The van der Waals surface area contributed by atoms with Crippen LogP contribution in [0.5, 0.6) is 5.75 Å². The molecule has 1 aromatic carbocycles. The fraction of sp³-hybridized carbons (Fsp3) is 0.235. The van der Waals surface area contributed by atoms with E-state index in [0.717, 1.165) is 10.9 Å². The molecule has 1 atom stereocenters. The first-order chi connectivity index (χ1) is 12.1. The summed E-state index contributed by atoms with van der Waals surface area (Å²) in [5.74, 6) is 1.25. The molecule has 8 heteroatoms. The first-order valence-electron chi connectivity index (χ1n) is 7.66. The number of nitrogens with zero attached hydrogens (tertiary/aromatic N) is 3. The van der Waals surface area contributed by atoms with Gasteiger partial charge in [-0.3, -0.25) is 0 Å². The van der Waals surface area contributed by atoms with Crippen molar-refractivity contribution in [2.24, 2.45) is 0 Å². The normalized spacial score (nSPS) is 12.2. The van der Waals surface area contributed by atoms with Gasteiger partial charge in [-0.05, 0) is 30.7 Å². The third kappa shape index (κ3) is 4.10. The monoisotopic (exact) mass is 378 g/mol. The lowest BCUT2D eigenvalue weighted by Crippen LogP contribution is -2.12. The number of benzene rings is 1. The van der Waals surface area contributed by atoms with Crippen molar-refractivity contribution in [3.8, 4) is 5.75 Å². The summed E-state index contributed by atoms with van der Waals surface area (Å²) in [5, 5.41) is 13.5. The molecule has 0 spiro atoms. The number of aliphatic hydroxyl groups excluding tert-OH is 1. The SMILES string of the molecule is C[C@@H](Nc1nc(Cl)nc2cnc(Cl)cc12)c1ccccc1OCCO. The molecule has 0 aliphatic rings. The minimum absolute atomic E-state index is 0.0478. The summed E-state index contributed by atoms with van der Waals surface area (Å²) in [6, 6.07) is 9.17. The summed E-state index contributed by atoms with van der Waals surface area (Å²) < 4.78 is 5.60. The number of aliphatic hydroxyl groups is 1. The van der Waals surface area contributed by atoms with E-state index in [9.17, 15) is 0 Å². The van der Waals surface area contributed by atoms with Crippen molar-refractivity contribution in [3.63, 3.8) is 0 Å². The van der Waals surface area contributed by atoms with Crippen molar-refractivity contribution in [2.45, 2.75) is 13.0 Å². The number of anilines is 1. The summed E-state index contributed by atoms with van der Waals surface area (Å²) in [6.07, 6.45) is 1.55. The van der Waals surface area contributed by atoms with Crippen LogP contribution in [-0.4, -0.2) is 33.3 Å². The van der Waals surface area contributed by atoms with Crippen molar-refractivity contribution >= 4 is 39.9 Å². The number of rotatable bonds is 6. The van der Waals surface area contributed by atoms with Gasteiger partial charge in [-0.1, -0.05) is 29.8 Å². The molecule has 2 aromatic heterocycles. The fourth-order valence-electron chi connectivity index (χ4n) is 2.50. The lowest BCUT2D eigenvalue weighted by Gasteiger charge is -2.19. The highest BCUT2D eigenvalue weighted by Gasteiger charge is 2.15. The van der Waals surface area contributed by atoms with Crippen LogP contribution in [0.2, 0.25) is 10.4 Å². The Morgan fingerprint density at radius 3 is 2.84 bits per heavy atom. The van der Waals surface area contributed by atoms with Gasteiger partial charge in [-0.15, -0.1) is 0 Å². The second-order valence-corrected chi connectivity index (χ2v) is 6.07. The molecule has 0 saturated carbocycles. The molecule has 0 unspecified atom stereocenters. The third-order valence-corrected chi connectivity index (χ3v) is 3.98. The average Bonchev–Trinajstić information content (AvgIpc) is 2.60. The van der Waals surface area contributed by atoms with Gasteiger partial charge < -0.3 is 15.2 Å². The molecule has 6 nitrogen and oxygen atoms in total. The van der Waals surface area contributed by atoms with Gasteiger partial charge in [0, 0.05) is 10.9 Å². The zero-order valence-corrected chi connectivity index (χ0v) is 14.9. The van der Waals surface area contributed by atoms with E-state index in [4.69, 9.17) is 33.0 Å². The van der Waals surface area contributed by atoms with E-state index >= 15 is 0 Å². The highest BCUT2D eigenvalue weighted by Crippen LogP contribution is 2.30. The molecule has 0 saturated heterocycles. The highest BCUT2D eigenvalue weighted by atomic mass is 35.5. The topological polar surface area (TPSA) is 80.2 Å². The maximum atomic E-state index is 8.98. The van der Waals surface area contributed by atoms with E-state index in [1.54, 1.807) is 12.3 Å². The number of halogens is 2. The summed E-state index contributed by atoms with van der Waals surface area (Å²) >= 11 is 12.0. The van der Waals surface area contributed by atoms with Crippen LogP contribution in [0, 0.1) is 0 Å². The first kappa shape index (κ1) is 17.7. The van der Waals surface area contributed by atoms with Crippen LogP contribution in [0.3, 0.4) is 0 Å². The van der Waals surface area contributed by atoms with E-state index < -0.39 is 0 Å². The van der Waals surface area contributed by atoms with Crippen LogP contribution in [0.25, 0.3) is 10.9 Å². The lowest BCUT2D eigenvalue weighted by atomic mass is 10.1. The number of ether oxygens (including phenoxy) is 1. The molecular weight excluding hydrogens is 363 g/mol. The molecule has 0 radical (unpaired) electrons. The van der Waals surface area contributed by atoms with E-state index in [-0.39, 0.29) is 24.5 Å². The number of para-hydroxylation sites is 1. The van der Waals surface area contributed by atoms with Gasteiger partial charge in [-0.25, -0.2) is 15.0 Å². The number of nitrogens with one attached hydrogen (secondary N) is 1. The second-order valence-electron chi connectivity index (χ2n) is 5.34. The van der Waals surface area contributed by atoms with Crippen molar-refractivity contribution in [3.05, 3.63) is 52.5 Å². The number of fused-ring (bicyclic) bond motifs is 1. The molecule has 2 N–H and O–H groups in total. The van der Waals surface area contributed by atoms with Gasteiger partial charge in [0.15, 0.2) is 0 Å². The van der Waals surface area contributed by atoms with Crippen molar-refractivity contribution < 1.29 is 9.84 Å². The summed E-state index contributed by atoms with van der Waals surface area (Å²) in [4.78, 5) is 12.5. The van der Waals surface area contributed by atoms with Crippen LogP contribution >= 0.6 is 23.2 Å². The molecule has 0 fully saturated rings. The van der Waals surface area contributed by atoms with Gasteiger partial charge in [-0.2, -0.15) is 0 Å². The Bertz CT molecular complexity index is 892. The van der Waals surface area contributed by atoms with Crippen LogP contribution in [0.4, 0.5) is 5.82 Å². The predicted molar refractivity (Wildman–Crippen MR) is 98.4 cm³/mol. The Hall–Kier alpha value is -2.15. The third-order valence-electron chi connectivity index (χ3n) is 3.61. The molecule has 2 heterocycles. The average molecular weight is 379 g/mol. The molecule has 0 aliphatic heterocycles. The maximum Gasteiger partial charge on any atom is 0.224 e. The molecule has 0 aliphatic carbocycles. The zero-order chi connectivity index (χ0) is 17.8. The molecule has 25 heavy (non-hydrogen) atoms. The van der Waals surface area contributed by atoms with Gasteiger partial charge in [0.25, 0.3) is 0 Å². The first-order valence-corrected chi connectivity index (χ1v) is 8.42. The largest absolute Gasteiger partial charge is 0.491 e. The quantitative estimate of drug-likeness (QED) is 0.500. The second kappa shape index (κ2) is 7.82. The maximum absolute atomic E-state index is 8.98. The van der Waals surface area contributed by atoms with Crippen LogP contribution in [0.1, 0.15) is 18.5 Å². The molecule has 3 rings (SSSR count). The summed E-state index contributed by atoms with van der Waals surface area (Å²) in [6.45, 7) is 2.16. The fourth-order valence-corrected chi connectivity index (χ4v) is 2.83. The predicted octanol–water partition coefficient (Wildman–Crippen LogP) is 3.88. The van der Waals surface area contributed by atoms with Crippen LogP contribution in [-0.2, 0) is 0 Å². The zero-order valence-electron chi connectivity index (χ0n) is 13.4. The Kier molecular flexibility index (Phi) is 5.53. The molecular formula is C17H16Cl2N4O2. The van der Waals surface area contributed by atoms with Crippen molar-refractivity contribution in [2.75, 3.05) is 18.5 Å². The van der Waals surface area contributed by atoms with Crippen LogP contribution in [0.15, 0.2) is 36.5 Å². The Labute approximate surface area is 154 Å². The van der Waals surface area contributed by atoms with Gasteiger partial charge in [0.2, 0.25) is 5.28 Å². The van der Waals surface area contributed by atoms with Gasteiger partial charge in [0.1, 0.15) is 23.3 Å². The molecule has 0 amide bonds. The lowest BCUT2D eigenvalue weighted by molar-refractivity contribution is 0.200. The smallest absolute Gasteiger partial charge is 0.224 e. The highest BCUT2D eigenvalue weighted by molar-refractivity contribution is 6.30. The summed E-state index contributed by atoms with van der Waals surface area (Å²) in [7, 11) is 0. The van der Waals surface area contributed by atoms with Crippen molar-refractivity contribution in [1.82, 2.24) is 15.0 Å². The number of aromatic nitrogens is 3. The van der Waals surface area contributed by atoms with E-state index in [1.807, 2.05) is 31.2 Å². The minimum atomic E-state index is -0.129. The Balaban J connectivity index is 1.95. The number of pyridine rings is 1. The Morgan fingerprint density at radius 2 is 2.04 bits per heavy atom. The van der Waals surface area contributed by atoms with E-state index in [0.29, 0.717) is 22.2 Å². The molecule has 3 aromatic rings. The van der Waals surface area contributed by atoms with Gasteiger partial charge in [0.05, 0.1) is 24.4 Å². The van der Waals surface area contributed by atoms with Crippen LogP contribution < -0.4 is 10.1 Å². The number of hydrogen-bond donors (Lipinski definition) is 2. The molecule has 130 valence electrons. The van der Waals surface area contributed by atoms with Crippen molar-refractivity contribution in [1.29, 1.82) is 0 Å². The Morgan fingerprint density at radius 1 is 1.24 bits per heavy atom. The van der Waals surface area contributed by atoms with E-state index in [1.165, 1.54) is 0 Å². The number of hydrogen-bond acceptors (Lipinski definition) is 6.